The molecule has 140 valence electrons. The maximum absolute atomic E-state index is 9.39. The first-order valence-corrected chi connectivity index (χ1v) is 9.50. The number of benzene rings is 1. The Kier molecular flexibility index (Phi) is 5.44. The SMILES string of the molecule is OC[C@H]1CCCN(c2ccc(-c3nc(CCc4ccccc4)no3)cn2)C1. The molecule has 1 aliphatic rings. The highest BCUT2D eigenvalue weighted by Crippen LogP contribution is 2.24. The Hall–Kier alpha value is -2.73. The Labute approximate surface area is 158 Å². The third kappa shape index (κ3) is 4.34. The van der Waals surface area contributed by atoms with E-state index < -0.39 is 0 Å². The highest BCUT2D eigenvalue weighted by Gasteiger charge is 2.20. The lowest BCUT2D eigenvalue weighted by atomic mass is 9.99. The van der Waals surface area contributed by atoms with E-state index in [9.17, 15) is 5.11 Å². The van der Waals surface area contributed by atoms with Crippen molar-refractivity contribution in [2.45, 2.75) is 25.7 Å². The highest BCUT2D eigenvalue weighted by atomic mass is 16.5. The van der Waals surface area contributed by atoms with E-state index in [1.807, 2.05) is 30.3 Å². The molecule has 27 heavy (non-hydrogen) atoms. The second-order valence-electron chi connectivity index (χ2n) is 7.04. The fourth-order valence-electron chi connectivity index (χ4n) is 3.50. The largest absolute Gasteiger partial charge is 0.396 e. The third-order valence-corrected chi connectivity index (χ3v) is 5.04. The zero-order chi connectivity index (χ0) is 18.5. The van der Waals surface area contributed by atoms with Crippen molar-refractivity contribution in [3.63, 3.8) is 0 Å². The first-order valence-electron chi connectivity index (χ1n) is 9.50. The van der Waals surface area contributed by atoms with Gasteiger partial charge in [0.05, 0.1) is 5.56 Å². The molecular weight excluding hydrogens is 340 g/mol. The van der Waals surface area contributed by atoms with Crippen molar-refractivity contribution in [2.75, 3.05) is 24.6 Å². The van der Waals surface area contributed by atoms with Crippen LogP contribution in [0.15, 0.2) is 53.2 Å². The van der Waals surface area contributed by atoms with Gasteiger partial charge in [0.1, 0.15) is 5.82 Å². The summed E-state index contributed by atoms with van der Waals surface area (Å²) in [6.45, 7) is 2.07. The Balaban J connectivity index is 1.40. The van der Waals surface area contributed by atoms with E-state index in [2.05, 4.69) is 32.2 Å². The van der Waals surface area contributed by atoms with Gasteiger partial charge in [0, 0.05) is 32.3 Å². The van der Waals surface area contributed by atoms with Crippen LogP contribution >= 0.6 is 0 Å². The molecule has 1 aliphatic heterocycles. The molecule has 1 fully saturated rings. The van der Waals surface area contributed by atoms with Gasteiger partial charge in [-0.2, -0.15) is 4.98 Å². The lowest BCUT2D eigenvalue weighted by molar-refractivity contribution is 0.208. The molecule has 3 aromatic rings. The van der Waals surface area contributed by atoms with Crippen LogP contribution in [0.4, 0.5) is 5.82 Å². The van der Waals surface area contributed by atoms with Crippen LogP contribution in [0.5, 0.6) is 0 Å². The van der Waals surface area contributed by atoms with Crippen molar-refractivity contribution in [2.24, 2.45) is 5.92 Å². The topological polar surface area (TPSA) is 75.3 Å². The van der Waals surface area contributed by atoms with Crippen LogP contribution in [0.1, 0.15) is 24.2 Å². The average Bonchev–Trinajstić information content (AvgIpc) is 3.22. The van der Waals surface area contributed by atoms with Crippen LogP contribution < -0.4 is 4.90 Å². The van der Waals surface area contributed by atoms with E-state index >= 15 is 0 Å². The summed E-state index contributed by atoms with van der Waals surface area (Å²) in [6, 6.07) is 14.3. The molecule has 0 amide bonds. The van der Waals surface area contributed by atoms with Crippen molar-refractivity contribution in [3.05, 3.63) is 60.0 Å². The Bertz CT molecular complexity index is 848. The van der Waals surface area contributed by atoms with E-state index in [1.165, 1.54) is 5.56 Å². The number of aliphatic hydroxyl groups is 1. The van der Waals surface area contributed by atoms with Crippen molar-refractivity contribution < 1.29 is 9.63 Å². The lowest BCUT2D eigenvalue weighted by Gasteiger charge is -2.32. The quantitative estimate of drug-likeness (QED) is 0.724. The van der Waals surface area contributed by atoms with Gasteiger partial charge in [0.15, 0.2) is 5.82 Å². The smallest absolute Gasteiger partial charge is 0.259 e. The summed E-state index contributed by atoms with van der Waals surface area (Å²) in [5, 5.41) is 13.5. The predicted octanol–water partition coefficient (Wildman–Crippen LogP) is 3.13. The molecule has 6 nitrogen and oxygen atoms in total. The van der Waals surface area contributed by atoms with Gasteiger partial charge in [0.2, 0.25) is 0 Å². The average molecular weight is 364 g/mol. The number of hydrogen-bond donors (Lipinski definition) is 1. The third-order valence-electron chi connectivity index (χ3n) is 5.04. The van der Waals surface area contributed by atoms with E-state index in [4.69, 9.17) is 4.52 Å². The van der Waals surface area contributed by atoms with Crippen LogP contribution in [0, 0.1) is 5.92 Å². The number of anilines is 1. The van der Waals surface area contributed by atoms with Gasteiger partial charge in [-0.1, -0.05) is 35.5 Å². The van der Waals surface area contributed by atoms with Gasteiger partial charge in [-0.25, -0.2) is 4.98 Å². The Morgan fingerprint density at radius 3 is 2.78 bits per heavy atom. The molecule has 0 unspecified atom stereocenters. The molecule has 0 radical (unpaired) electrons. The van der Waals surface area contributed by atoms with E-state index in [-0.39, 0.29) is 6.61 Å². The number of nitrogens with zero attached hydrogens (tertiary/aromatic N) is 4. The standard InChI is InChI=1S/C21H24N4O2/c26-15-17-7-4-12-25(14-17)20-11-9-18(13-22-20)21-23-19(24-27-21)10-8-16-5-2-1-3-6-16/h1-3,5-6,9,11,13,17,26H,4,7-8,10,12,14-15H2/t17-/m0/s1. The van der Waals surface area contributed by atoms with E-state index in [1.54, 1.807) is 6.20 Å². The second-order valence-corrected chi connectivity index (χ2v) is 7.04. The Morgan fingerprint density at radius 2 is 2.00 bits per heavy atom. The minimum Gasteiger partial charge on any atom is -0.396 e. The molecule has 0 bridgehead atoms. The minimum atomic E-state index is 0.238. The number of pyridine rings is 1. The molecular formula is C21H24N4O2. The van der Waals surface area contributed by atoms with Crippen LogP contribution in [0.3, 0.4) is 0 Å². The van der Waals surface area contributed by atoms with Gasteiger partial charge >= 0.3 is 0 Å². The number of piperidine rings is 1. The monoisotopic (exact) mass is 364 g/mol. The molecule has 1 N–H and O–H groups in total. The van der Waals surface area contributed by atoms with Crippen LogP contribution in [0.2, 0.25) is 0 Å². The number of aromatic nitrogens is 3. The zero-order valence-electron chi connectivity index (χ0n) is 15.3. The molecule has 1 atom stereocenters. The fourth-order valence-corrected chi connectivity index (χ4v) is 3.50. The molecule has 3 heterocycles. The number of aliphatic hydroxyl groups excluding tert-OH is 1. The van der Waals surface area contributed by atoms with Gasteiger partial charge in [0.25, 0.3) is 5.89 Å². The molecule has 2 aromatic heterocycles. The molecule has 0 spiro atoms. The molecule has 0 aliphatic carbocycles. The van der Waals surface area contributed by atoms with Crippen molar-refractivity contribution >= 4 is 5.82 Å². The lowest BCUT2D eigenvalue weighted by Crippen LogP contribution is -2.37. The first-order chi connectivity index (χ1) is 13.3. The molecule has 1 saturated heterocycles. The van der Waals surface area contributed by atoms with Crippen LogP contribution in [-0.4, -0.2) is 39.9 Å². The van der Waals surface area contributed by atoms with Gasteiger partial charge in [-0.3, -0.25) is 0 Å². The Morgan fingerprint density at radius 1 is 1.11 bits per heavy atom. The van der Waals surface area contributed by atoms with Gasteiger partial charge in [-0.05, 0) is 42.9 Å². The van der Waals surface area contributed by atoms with Gasteiger partial charge in [-0.15, -0.1) is 0 Å². The number of aryl methyl sites for hydroxylation is 2. The van der Waals surface area contributed by atoms with E-state index in [0.717, 1.165) is 50.2 Å². The summed E-state index contributed by atoms with van der Waals surface area (Å²) in [6.07, 6.45) is 5.58. The second kappa shape index (κ2) is 8.31. The minimum absolute atomic E-state index is 0.238. The molecule has 1 aromatic carbocycles. The van der Waals surface area contributed by atoms with Crippen molar-refractivity contribution in [1.82, 2.24) is 15.1 Å². The summed E-state index contributed by atoms with van der Waals surface area (Å²) < 4.78 is 5.41. The maximum atomic E-state index is 9.39. The summed E-state index contributed by atoms with van der Waals surface area (Å²) in [5.74, 6) is 2.48. The fraction of sp³-hybridized carbons (Fsp3) is 0.381. The summed E-state index contributed by atoms with van der Waals surface area (Å²) in [7, 11) is 0. The molecule has 6 heteroatoms. The van der Waals surface area contributed by atoms with Gasteiger partial charge < -0.3 is 14.5 Å². The van der Waals surface area contributed by atoms with Crippen LogP contribution in [0.25, 0.3) is 11.5 Å². The summed E-state index contributed by atoms with van der Waals surface area (Å²) >= 11 is 0. The highest BCUT2D eigenvalue weighted by molar-refractivity contribution is 5.54. The van der Waals surface area contributed by atoms with Crippen molar-refractivity contribution in [3.8, 4) is 11.5 Å². The maximum Gasteiger partial charge on any atom is 0.259 e. The summed E-state index contributed by atoms with van der Waals surface area (Å²) in [5.41, 5.74) is 2.09. The normalized spacial score (nSPS) is 17.2. The zero-order valence-corrected chi connectivity index (χ0v) is 15.3. The van der Waals surface area contributed by atoms with Crippen LogP contribution in [-0.2, 0) is 12.8 Å². The first kappa shape index (κ1) is 17.7. The predicted molar refractivity (Wildman–Crippen MR) is 103 cm³/mol. The van der Waals surface area contributed by atoms with E-state index in [0.29, 0.717) is 17.6 Å². The number of rotatable bonds is 6. The number of hydrogen-bond acceptors (Lipinski definition) is 6. The molecule has 4 rings (SSSR count). The summed E-state index contributed by atoms with van der Waals surface area (Å²) in [4.78, 5) is 11.3. The molecule has 0 saturated carbocycles. The van der Waals surface area contributed by atoms with Crippen molar-refractivity contribution in [1.29, 1.82) is 0 Å².